The molecule has 0 aliphatic carbocycles. The molecule has 0 atom stereocenters. The number of benzene rings is 1. The third-order valence-corrected chi connectivity index (χ3v) is 1.25. The molecular formula is C8H4F4. The molecule has 0 nitrogen and oxygen atoms in total. The molecule has 0 aliphatic rings. The minimum absolute atomic E-state index is 0.157. The molecule has 0 fully saturated rings. The molecule has 4 heteroatoms. The number of hydrogen-bond donors (Lipinski definition) is 0. The van der Waals surface area contributed by atoms with Gasteiger partial charge in [-0.2, -0.15) is 8.78 Å². The van der Waals surface area contributed by atoms with Gasteiger partial charge in [0.05, 0.1) is 5.56 Å². The summed E-state index contributed by atoms with van der Waals surface area (Å²) in [6, 6.07) is 2.94. The normalized spacial score (nSPS) is 9.67. The molecule has 1 rings (SSSR count). The molecule has 1 aromatic rings. The third-order valence-electron chi connectivity index (χ3n) is 1.25. The van der Waals surface area contributed by atoms with E-state index in [1.54, 1.807) is 0 Å². The number of halogens is 4. The van der Waals surface area contributed by atoms with Crippen LogP contribution < -0.4 is 0 Å². The van der Waals surface area contributed by atoms with E-state index in [2.05, 4.69) is 0 Å². The first-order valence-corrected chi connectivity index (χ1v) is 3.08. The van der Waals surface area contributed by atoms with E-state index in [0.29, 0.717) is 0 Å². The maximum Gasteiger partial charge on any atom is 0.271 e. The summed E-state index contributed by atoms with van der Waals surface area (Å²) in [6.45, 7) is 0. The van der Waals surface area contributed by atoms with Crippen molar-refractivity contribution < 1.29 is 17.6 Å². The standard InChI is InChI=1S/C8H4F4/c9-6-2-1-3-7(10)5(6)4-8(11)12/h1-4H. The van der Waals surface area contributed by atoms with Crippen LogP contribution in [-0.4, -0.2) is 0 Å². The van der Waals surface area contributed by atoms with E-state index in [9.17, 15) is 17.6 Å². The predicted octanol–water partition coefficient (Wildman–Crippen LogP) is 3.20. The van der Waals surface area contributed by atoms with Gasteiger partial charge < -0.3 is 0 Å². The molecule has 0 saturated carbocycles. The Bertz CT molecular complexity index is 293. The number of hydrogen-bond acceptors (Lipinski definition) is 0. The molecule has 12 heavy (non-hydrogen) atoms. The molecule has 0 amide bonds. The molecule has 0 spiro atoms. The highest BCUT2D eigenvalue weighted by Crippen LogP contribution is 2.16. The summed E-state index contributed by atoms with van der Waals surface area (Å²) in [5, 5.41) is 0. The molecular weight excluding hydrogens is 172 g/mol. The van der Waals surface area contributed by atoms with Gasteiger partial charge in [0.25, 0.3) is 6.08 Å². The summed E-state index contributed by atoms with van der Waals surface area (Å²) in [4.78, 5) is 0. The largest absolute Gasteiger partial charge is 0.271 e. The van der Waals surface area contributed by atoms with Crippen LogP contribution in [0.5, 0.6) is 0 Å². The second-order valence-corrected chi connectivity index (χ2v) is 2.07. The van der Waals surface area contributed by atoms with Gasteiger partial charge in [0.2, 0.25) is 0 Å². The minimum Gasteiger partial charge on any atom is -0.206 e. The van der Waals surface area contributed by atoms with Gasteiger partial charge in [0, 0.05) is 6.08 Å². The quantitative estimate of drug-likeness (QED) is 0.576. The Morgan fingerprint density at radius 2 is 1.58 bits per heavy atom. The van der Waals surface area contributed by atoms with Crippen molar-refractivity contribution in [1.29, 1.82) is 0 Å². The van der Waals surface area contributed by atoms with Crippen molar-refractivity contribution in [3.05, 3.63) is 41.5 Å². The Hall–Kier alpha value is -1.32. The summed E-state index contributed by atoms with van der Waals surface area (Å²) in [6.07, 6.45) is -1.97. The lowest BCUT2D eigenvalue weighted by Crippen LogP contribution is -1.87. The van der Waals surface area contributed by atoms with Crippen LogP contribution in [0.2, 0.25) is 0 Å². The lowest BCUT2D eigenvalue weighted by molar-refractivity contribution is 0.428. The topological polar surface area (TPSA) is 0 Å². The zero-order valence-corrected chi connectivity index (χ0v) is 5.82. The van der Waals surface area contributed by atoms with Gasteiger partial charge in [0.15, 0.2) is 0 Å². The molecule has 0 N–H and O–H groups in total. The van der Waals surface area contributed by atoms with Crippen LogP contribution in [-0.2, 0) is 0 Å². The van der Waals surface area contributed by atoms with Gasteiger partial charge >= 0.3 is 0 Å². The predicted molar refractivity (Wildman–Crippen MR) is 36.6 cm³/mol. The van der Waals surface area contributed by atoms with E-state index in [4.69, 9.17) is 0 Å². The van der Waals surface area contributed by atoms with Crippen LogP contribution in [0.15, 0.2) is 24.3 Å². The Labute approximate surface area is 66.1 Å². The Balaban J connectivity index is 3.22. The van der Waals surface area contributed by atoms with Crippen molar-refractivity contribution in [3.8, 4) is 0 Å². The highest BCUT2D eigenvalue weighted by molar-refractivity contribution is 5.51. The van der Waals surface area contributed by atoms with E-state index >= 15 is 0 Å². The maximum absolute atomic E-state index is 12.6. The molecule has 1 aromatic carbocycles. The summed E-state index contributed by atoms with van der Waals surface area (Å²) >= 11 is 0. The molecule has 0 aliphatic heterocycles. The first kappa shape index (κ1) is 8.77. The van der Waals surface area contributed by atoms with E-state index < -0.39 is 23.3 Å². The molecule has 64 valence electrons. The molecule has 0 saturated heterocycles. The van der Waals surface area contributed by atoms with E-state index in [1.807, 2.05) is 0 Å². The maximum atomic E-state index is 12.6. The van der Waals surface area contributed by atoms with E-state index in [1.165, 1.54) is 0 Å². The fraction of sp³-hybridized carbons (Fsp3) is 0. The smallest absolute Gasteiger partial charge is 0.206 e. The monoisotopic (exact) mass is 176 g/mol. The second kappa shape index (κ2) is 3.38. The van der Waals surface area contributed by atoms with Gasteiger partial charge in [-0.05, 0) is 12.1 Å². The summed E-state index contributed by atoms with van der Waals surface area (Å²) in [5.74, 6) is -1.99. The summed E-state index contributed by atoms with van der Waals surface area (Å²) < 4.78 is 48.4. The number of rotatable bonds is 1. The van der Waals surface area contributed by atoms with Crippen LogP contribution in [0.3, 0.4) is 0 Å². The fourth-order valence-electron chi connectivity index (χ4n) is 0.758. The van der Waals surface area contributed by atoms with Gasteiger partial charge in [-0.25, -0.2) is 8.78 Å². The van der Waals surface area contributed by atoms with Gasteiger partial charge in [-0.1, -0.05) is 6.07 Å². The van der Waals surface area contributed by atoms with Crippen molar-refractivity contribution in [1.82, 2.24) is 0 Å². The zero-order chi connectivity index (χ0) is 9.14. The zero-order valence-electron chi connectivity index (χ0n) is 5.82. The Morgan fingerprint density at radius 3 is 2.00 bits per heavy atom. The summed E-state index contributed by atoms with van der Waals surface area (Å²) in [5.41, 5.74) is -0.711. The minimum atomic E-state index is -2.13. The average molecular weight is 176 g/mol. The first-order valence-electron chi connectivity index (χ1n) is 3.08. The highest BCUT2D eigenvalue weighted by atomic mass is 19.3. The van der Waals surface area contributed by atoms with E-state index in [0.717, 1.165) is 18.2 Å². The molecule has 0 heterocycles. The second-order valence-electron chi connectivity index (χ2n) is 2.07. The lowest BCUT2D eigenvalue weighted by atomic mass is 10.2. The fourth-order valence-corrected chi connectivity index (χ4v) is 0.758. The van der Waals surface area contributed by atoms with Crippen LogP contribution in [0.1, 0.15) is 5.56 Å². The lowest BCUT2D eigenvalue weighted by Gasteiger charge is -1.96. The van der Waals surface area contributed by atoms with Crippen LogP contribution in [0.4, 0.5) is 17.6 Å². The molecule has 0 aromatic heterocycles. The van der Waals surface area contributed by atoms with Crippen LogP contribution >= 0.6 is 0 Å². The van der Waals surface area contributed by atoms with Crippen molar-refractivity contribution in [2.75, 3.05) is 0 Å². The van der Waals surface area contributed by atoms with Crippen LogP contribution in [0, 0.1) is 11.6 Å². The Morgan fingerprint density at radius 1 is 1.08 bits per heavy atom. The molecule has 0 radical (unpaired) electrons. The Kier molecular flexibility index (Phi) is 2.47. The van der Waals surface area contributed by atoms with Crippen molar-refractivity contribution in [2.45, 2.75) is 0 Å². The van der Waals surface area contributed by atoms with Crippen molar-refractivity contribution in [2.24, 2.45) is 0 Å². The SMILES string of the molecule is FC(F)=Cc1c(F)cccc1F. The molecule has 0 bridgehead atoms. The summed E-state index contributed by atoms with van der Waals surface area (Å²) in [7, 11) is 0. The van der Waals surface area contributed by atoms with Crippen molar-refractivity contribution >= 4 is 6.08 Å². The van der Waals surface area contributed by atoms with Crippen LogP contribution in [0.25, 0.3) is 6.08 Å². The van der Waals surface area contributed by atoms with Crippen molar-refractivity contribution in [3.63, 3.8) is 0 Å². The first-order chi connectivity index (χ1) is 5.61. The molecule has 0 unspecified atom stereocenters. The van der Waals surface area contributed by atoms with Gasteiger partial charge in [-0.15, -0.1) is 0 Å². The van der Waals surface area contributed by atoms with Gasteiger partial charge in [0.1, 0.15) is 11.6 Å². The van der Waals surface area contributed by atoms with E-state index in [-0.39, 0.29) is 6.08 Å². The average Bonchev–Trinajstić information content (AvgIpc) is 1.97. The third kappa shape index (κ3) is 1.84. The highest BCUT2D eigenvalue weighted by Gasteiger charge is 2.06. The van der Waals surface area contributed by atoms with Gasteiger partial charge in [-0.3, -0.25) is 0 Å².